The number of hydrogen-bond acceptors (Lipinski definition) is 11. The molecule has 2 heterocycles. The molecule has 1 fully saturated rings. The SMILES string of the molecule is C/C(N)=N/N=C(\N)c1ccc(OCCOCCOCCOCCOCCC(=O)N2CCN(CCN3C(=O)C=CC3=O)CC2)cc1. The van der Waals surface area contributed by atoms with Crippen LogP contribution in [0.4, 0.5) is 0 Å². The van der Waals surface area contributed by atoms with E-state index in [1.165, 1.54) is 17.1 Å². The Morgan fingerprint density at radius 2 is 1.27 bits per heavy atom. The van der Waals surface area contributed by atoms with Gasteiger partial charge in [-0.2, -0.15) is 0 Å². The number of nitrogens with zero attached hydrogens (tertiary/aromatic N) is 5. The van der Waals surface area contributed by atoms with Gasteiger partial charge in [0.2, 0.25) is 5.91 Å². The van der Waals surface area contributed by atoms with Crippen molar-refractivity contribution in [2.45, 2.75) is 13.3 Å². The van der Waals surface area contributed by atoms with E-state index in [-0.39, 0.29) is 23.6 Å². The van der Waals surface area contributed by atoms with Crippen LogP contribution in [-0.4, -0.2) is 143 Å². The Morgan fingerprint density at radius 3 is 1.82 bits per heavy atom. The van der Waals surface area contributed by atoms with Crippen LogP contribution in [0.3, 0.4) is 0 Å². The normalized spacial score (nSPS) is 16.2. The van der Waals surface area contributed by atoms with Gasteiger partial charge < -0.3 is 40.1 Å². The van der Waals surface area contributed by atoms with E-state index in [9.17, 15) is 14.4 Å². The second-order valence-electron chi connectivity index (χ2n) is 10.2. The van der Waals surface area contributed by atoms with E-state index in [1.54, 1.807) is 31.2 Å². The van der Waals surface area contributed by atoms with E-state index in [1.807, 2.05) is 4.90 Å². The van der Waals surface area contributed by atoms with Gasteiger partial charge in [0.1, 0.15) is 18.2 Å². The molecule has 0 saturated carbocycles. The lowest BCUT2D eigenvalue weighted by molar-refractivity contribution is -0.137. The van der Waals surface area contributed by atoms with E-state index in [0.717, 1.165) is 5.56 Å². The second kappa shape index (κ2) is 20.2. The van der Waals surface area contributed by atoms with Crippen LogP contribution in [0.1, 0.15) is 18.9 Å². The van der Waals surface area contributed by atoms with Crippen molar-refractivity contribution in [1.29, 1.82) is 0 Å². The van der Waals surface area contributed by atoms with Gasteiger partial charge in [0.05, 0.1) is 59.3 Å². The zero-order valence-corrected chi connectivity index (χ0v) is 25.9. The quantitative estimate of drug-likeness (QED) is 0.0591. The highest BCUT2D eigenvalue weighted by molar-refractivity contribution is 6.12. The van der Waals surface area contributed by atoms with E-state index >= 15 is 0 Å². The van der Waals surface area contributed by atoms with Gasteiger partial charge in [-0.1, -0.05) is 0 Å². The van der Waals surface area contributed by atoms with Crippen LogP contribution >= 0.6 is 0 Å². The molecule has 1 saturated heterocycles. The topological polar surface area (TPSA) is 184 Å². The van der Waals surface area contributed by atoms with Gasteiger partial charge in [-0.25, -0.2) is 0 Å². The summed E-state index contributed by atoms with van der Waals surface area (Å²) in [7, 11) is 0. The Labute approximate surface area is 263 Å². The third-order valence-corrected chi connectivity index (χ3v) is 6.80. The zero-order chi connectivity index (χ0) is 32.3. The number of ether oxygens (including phenoxy) is 5. The van der Waals surface area contributed by atoms with Crippen LogP contribution in [0.5, 0.6) is 5.75 Å². The van der Waals surface area contributed by atoms with E-state index in [2.05, 4.69) is 15.1 Å². The zero-order valence-electron chi connectivity index (χ0n) is 25.9. The first-order chi connectivity index (χ1) is 21.8. The Balaban J connectivity index is 1.07. The number of imide groups is 1. The fourth-order valence-corrected chi connectivity index (χ4v) is 4.32. The van der Waals surface area contributed by atoms with E-state index in [4.69, 9.17) is 35.2 Å². The molecule has 3 amide bonds. The summed E-state index contributed by atoms with van der Waals surface area (Å²) in [6.45, 7) is 9.03. The first-order valence-electron chi connectivity index (χ1n) is 15.0. The largest absolute Gasteiger partial charge is 0.491 e. The van der Waals surface area contributed by atoms with Crippen molar-refractivity contribution in [3.63, 3.8) is 0 Å². The number of amidine groups is 2. The highest BCUT2D eigenvalue weighted by Gasteiger charge is 2.25. The van der Waals surface area contributed by atoms with Gasteiger partial charge in [0.15, 0.2) is 5.84 Å². The highest BCUT2D eigenvalue weighted by Crippen LogP contribution is 2.12. The first-order valence-corrected chi connectivity index (χ1v) is 15.0. The number of rotatable bonds is 21. The molecule has 0 aromatic heterocycles. The van der Waals surface area contributed by atoms with Gasteiger partial charge in [-0.3, -0.25) is 24.2 Å². The molecule has 3 rings (SSSR count). The highest BCUT2D eigenvalue weighted by atomic mass is 16.6. The summed E-state index contributed by atoms with van der Waals surface area (Å²) in [6, 6.07) is 7.17. The third kappa shape index (κ3) is 13.7. The fourth-order valence-electron chi connectivity index (χ4n) is 4.32. The van der Waals surface area contributed by atoms with Gasteiger partial charge in [-0.15, -0.1) is 10.2 Å². The summed E-state index contributed by atoms with van der Waals surface area (Å²) in [4.78, 5) is 41.0. The van der Waals surface area contributed by atoms with Crippen LogP contribution < -0.4 is 16.2 Å². The van der Waals surface area contributed by atoms with Gasteiger partial charge >= 0.3 is 0 Å². The number of piperazine rings is 1. The monoisotopic (exact) mass is 631 g/mol. The number of nitrogens with two attached hydrogens (primary N) is 2. The van der Waals surface area contributed by atoms with Gasteiger partial charge in [-0.05, 0) is 31.2 Å². The lowest BCUT2D eigenvalue weighted by Crippen LogP contribution is -2.50. The Kier molecular flexibility index (Phi) is 16.0. The number of carbonyl (C=O) groups excluding carboxylic acids is 3. The summed E-state index contributed by atoms with van der Waals surface area (Å²) >= 11 is 0. The molecular weight excluding hydrogens is 586 g/mol. The molecule has 0 atom stereocenters. The Bertz CT molecular complexity index is 1150. The molecule has 15 nitrogen and oxygen atoms in total. The summed E-state index contributed by atoms with van der Waals surface area (Å²) in [5.74, 6) is 0.812. The average Bonchev–Trinajstić information content (AvgIpc) is 3.37. The van der Waals surface area contributed by atoms with Crippen LogP contribution in [0.15, 0.2) is 46.6 Å². The number of benzene rings is 1. The minimum atomic E-state index is -0.267. The molecule has 0 aliphatic carbocycles. The maximum absolute atomic E-state index is 12.5. The molecule has 1 aromatic rings. The minimum Gasteiger partial charge on any atom is -0.491 e. The predicted octanol–water partition coefficient (Wildman–Crippen LogP) is -0.411. The van der Waals surface area contributed by atoms with Crippen LogP contribution in [0, 0.1) is 0 Å². The van der Waals surface area contributed by atoms with E-state index in [0.29, 0.717) is 117 Å². The van der Waals surface area contributed by atoms with Crippen LogP contribution in [0.2, 0.25) is 0 Å². The van der Waals surface area contributed by atoms with Crippen molar-refractivity contribution >= 4 is 29.4 Å². The lowest BCUT2D eigenvalue weighted by atomic mass is 10.2. The first kappa shape index (κ1) is 35.6. The van der Waals surface area contributed by atoms with Crippen molar-refractivity contribution in [2.75, 3.05) is 98.7 Å². The van der Waals surface area contributed by atoms with Gasteiger partial charge in [0, 0.05) is 57.0 Å². The molecule has 4 N–H and O–H groups in total. The van der Waals surface area contributed by atoms with E-state index < -0.39 is 0 Å². The molecule has 1 aromatic carbocycles. The smallest absolute Gasteiger partial charge is 0.253 e. The van der Waals surface area contributed by atoms with Crippen molar-refractivity contribution in [2.24, 2.45) is 21.7 Å². The molecule has 0 spiro atoms. The van der Waals surface area contributed by atoms with Crippen molar-refractivity contribution in [1.82, 2.24) is 14.7 Å². The van der Waals surface area contributed by atoms with Crippen molar-refractivity contribution < 1.29 is 38.1 Å². The molecule has 0 radical (unpaired) electrons. The van der Waals surface area contributed by atoms with Crippen LogP contribution in [0.25, 0.3) is 0 Å². The second-order valence-corrected chi connectivity index (χ2v) is 10.2. The summed E-state index contributed by atoms with van der Waals surface area (Å²) < 4.78 is 27.7. The number of amides is 3. The molecule has 0 unspecified atom stereocenters. The molecular formula is C30H45N7O8. The molecule has 0 bridgehead atoms. The maximum Gasteiger partial charge on any atom is 0.253 e. The maximum atomic E-state index is 12.5. The summed E-state index contributed by atoms with van der Waals surface area (Å²) in [5.41, 5.74) is 12.0. The number of hydrogen-bond donors (Lipinski definition) is 2. The van der Waals surface area contributed by atoms with Crippen molar-refractivity contribution in [3.8, 4) is 5.75 Å². The van der Waals surface area contributed by atoms with Gasteiger partial charge in [0.25, 0.3) is 11.8 Å². The van der Waals surface area contributed by atoms with Crippen LogP contribution in [-0.2, 0) is 33.3 Å². The number of carbonyl (C=O) groups is 3. The molecule has 15 heteroatoms. The summed E-state index contributed by atoms with van der Waals surface area (Å²) in [6.07, 6.45) is 2.90. The molecule has 2 aliphatic heterocycles. The standard InChI is InChI=1S/C30H45N7O8/c1-24(31)33-34-30(32)25-2-4-26(5-3-25)45-23-22-44-21-20-43-19-18-42-17-16-41-15-8-27(38)36-12-9-35(10-13-36)11-14-37-28(39)6-7-29(37)40/h2-7H,8-23H2,1H3,(H2,31,33)(H2,32,34). The Morgan fingerprint density at radius 1 is 0.733 bits per heavy atom. The third-order valence-electron chi connectivity index (χ3n) is 6.80. The van der Waals surface area contributed by atoms with Crippen molar-refractivity contribution in [3.05, 3.63) is 42.0 Å². The minimum absolute atomic E-state index is 0.0577. The average molecular weight is 632 g/mol. The molecule has 248 valence electrons. The lowest BCUT2D eigenvalue weighted by Gasteiger charge is -2.35. The predicted molar refractivity (Wildman–Crippen MR) is 167 cm³/mol. The molecule has 2 aliphatic rings. The molecule has 45 heavy (non-hydrogen) atoms. The fraction of sp³-hybridized carbons (Fsp3) is 0.567. The summed E-state index contributed by atoms with van der Waals surface area (Å²) in [5, 5.41) is 7.58. The Hall–Kier alpha value is -3.89.